The third-order valence-electron chi connectivity index (χ3n) is 2.25. The van der Waals surface area contributed by atoms with E-state index in [1.54, 1.807) is 6.20 Å². The standard InChI is InChI=1S/C11H17N3O/c1-4-6-14(5-2)11-12-7-10(8-15)9(3)13-11/h4,7,15H,1,5-6,8H2,2-3H3. The second-order valence-electron chi connectivity index (χ2n) is 3.27. The van der Waals surface area contributed by atoms with Crippen LogP contribution in [0.4, 0.5) is 5.95 Å². The summed E-state index contributed by atoms with van der Waals surface area (Å²) in [5, 5.41) is 9.00. The van der Waals surface area contributed by atoms with Gasteiger partial charge in [-0.3, -0.25) is 0 Å². The van der Waals surface area contributed by atoms with Crippen molar-refractivity contribution in [2.24, 2.45) is 0 Å². The van der Waals surface area contributed by atoms with Crippen molar-refractivity contribution >= 4 is 5.95 Å². The first-order chi connectivity index (χ1) is 7.22. The van der Waals surface area contributed by atoms with E-state index in [1.165, 1.54) is 0 Å². The Labute approximate surface area is 90.3 Å². The first-order valence-electron chi connectivity index (χ1n) is 5.02. The van der Waals surface area contributed by atoms with Gasteiger partial charge in [0.05, 0.1) is 6.61 Å². The van der Waals surface area contributed by atoms with Crippen molar-refractivity contribution in [2.45, 2.75) is 20.5 Å². The van der Waals surface area contributed by atoms with E-state index in [1.807, 2.05) is 24.8 Å². The minimum Gasteiger partial charge on any atom is -0.392 e. The lowest BCUT2D eigenvalue weighted by atomic mass is 10.2. The van der Waals surface area contributed by atoms with E-state index in [2.05, 4.69) is 16.5 Å². The molecule has 0 unspecified atom stereocenters. The largest absolute Gasteiger partial charge is 0.392 e. The monoisotopic (exact) mass is 207 g/mol. The van der Waals surface area contributed by atoms with Gasteiger partial charge >= 0.3 is 0 Å². The van der Waals surface area contributed by atoms with Crippen LogP contribution in [0.5, 0.6) is 0 Å². The van der Waals surface area contributed by atoms with Gasteiger partial charge in [-0.05, 0) is 13.8 Å². The van der Waals surface area contributed by atoms with Crippen LogP contribution in [0.3, 0.4) is 0 Å². The molecule has 0 saturated carbocycles. The molecule has 0 aliphatic rings. The molecule has 0 aliphatic heterocycles. The summed E-state index contributed by atoms with van der Waals surface area (Å²) in [6.07, 6.45) is 3.49. The number of aromatic nitrogens is 2. The van der Waals surface area contributed by atoms with Crippen LogP contribution >= 0.6 is 0 Å². The zero-order valence-corrected chi connectivity index (χ0v) is 9.27. The van der Waals surface area contributed by atoms with Crippen LogP contribution in [0, 0.1) is 6.92 Å². The van der Waals surface area contributed by atoms with E-state index < -0.39 is 0 Å². The molecule has 1 heterocycles. The van der Waals surface area contributed by atoms with Gasteiger partial charge in [-0.2, -0.15) is 0 Å². The molecule has 1 N–H and O–H groups in total. The molecule has 1 rings (SSSR count). The van der Waals surface area contributed by atoms with Crippen LogP contribution < -0.4 is 4.90 Å². The Morgan fingerprint density at radius 1 is 1.60 bits per heavy atom. The van der Waals surface area contributed by atoms with E-state index in [-0.39, 0.29) is 6.61 Å². The third kappa shape index (κ3) is 2.76. The molecular weight excluding hydrogens is 190 g/mol. The third-order valence-corrected chi connectivity index (χ3v) is 2.25. The van der Waals surface area contributed by atoms with Gasteiger partial charge in [0.15, 0.2) is 0 Å². The molecule has 0 bridgehead atoms. The van der Waals surface area contributed by atoms with Crippen molar-refractivity contribution < 1.29 is 5.11 Å². The molecule has 4 heteroatoms. The molecule has 15 heavy (non-hydrogen) atoms. The zero-order chi connectivity index (χ0) is 11.3. The van der Waals surface area contributed by atoms with Crippen molar-refractivity contribution in [1.29, 1.82) is 0 Å². The fourth-order valence-electron chi connectivity index (χ4n) is 1.30. The van der Waals surface area contributed by atoms with Crippen LogP contribution in [0.25, 0.3) is 0 Å². The lowest BCUT2D eigenvalue weighted by Crippen LogP contribution is -2.25. The molecule has 0 radical (unpaired) electrons. The van der Waals surface area contributed by atoms with Gasteiger partial charge in [0.2, 0.25) is 5.95 Å². The van der Waals surface area contributed by atoms with Gasteiger partial charge in [0.25, 0.3) is 0 Å². The molecule has 1 aromatic heterocycles. The highest BCUT2D eigenvalue weighted by Gasteiger charge is 2.07. The molecular formula is C11H17N3O. The van der Waals surface area contributed by atoms with E-state index >= 15 is 0 Å². The van der Waals surface area contributed by atoms with Crippen molar-refractivity contribution in [3.63, 3.8) is 0 Å². The fourth-order valence-corrected chi connectivity index (χ4v) is 1.30. The molecule has 0 fully saturated rings. The minimum absolute atomic E-state index is 0.0142. The molecule has 0 spiro atoms. The van der Waals surface area contributed by atoms with E-state index in [0.29, 0.717) is 5.95 Å². The Hall–Kier alpha value is -1.42. The van der Waals surface area contributed by atoms with Gasteiger partial charge in [-0.25, -0.2) is 9.97 Å². The number of aliphatic hydroxyl groups excluding tert-OH is 1. The average molecular weight is 207 g/mol. The highest BCUT2D eigenvalue weighted by Crippen LogP contribution is 2.10. The molecule has 0 saturated heterocycles. The maximum Gasteiger partial charge on any atom is 0.225 e. The summed E-state index contributed by atoms with van der Waals surface area (Å²) in [6.45, 7) is 9.16. The zero-order valence-electron chi connectivity index (χ0n) is 9.27. The van der Waals surface area contributed by atoms with Crippen molar-refractivity contribution in [3.8, 4) is 0 Å². The SMILES string of the molecule is C=CCN(CC)c1ncc(CO)c(C)n1. The molecule has 0 atom stereocenters. The number of anilines is 1. The Morgan fingerprint density at radius 2 is 2.33 bits per heavy atom. The summed E-state index contributed by atoms with van der Waals surface area (Å²) >= 11 is 0. The topological polar surface area (TPSA) is 49.2 Å². The van der Waals surface area contributed by atoms with Crippen LogP contribution in [0.1, 0.15) is 18.2 Å². The Morgan fingerprint density at radius 3 is 2.80 bits per heavy atom. The molecule has 1 aromatic rings. The first kappa shape index (κ1) is 11.7. The maximum absolute atomic E-state index is 9.00. The fraction of sp³-hybridized carbons (Fsp3) is 0.455. The quantitative estimate of drug-likeness (QED) is 0.739. The van der Waals surface area contributed by atoms with E-state index in [4.69, 9.17) is 5.11 Å². The highest BCUT2D eigenvalue weighted by atomic mass is 16.3. The summed E-state index contributed by atoms with van der Waals surface area (Å²) in [4.78, 5) is 10.6. The number of hydrogen-bond acceptors (Lipinski definition) is 4. The molecule has 82 valence electrons. The second kappa shape index (κ2) is 5.46. The summed E-state index contributed by atoms with van der Waals surface area (Å²) in [7, 11) is 0. The second-order valence-corrected chi connectivity index (χ2v) is 3.27. The van der Waals surface area contributed by atoms with Crippen LogP contribution in [0.2, 0.25) is 0 Å². The van der Waals surface area contributed by atoms with Crippen molar-refractivity contribution in [1.82, 2.24) is 9.97 Å². The van der Waals surface area contributed by atoms with Gasteiger partial charge in [0, 0.05) is 30.5 Å². The number of rotatable bonds is 5. The van der Waals surface area contributed by atoms with Crippen molar-refractivity contribution in [3.05, 3.63) is 30.1 Å². The average Bonchev–Trinajstić information content (AvgIpc) is 2.25. The van der Waals surface area contributed by atoms with Gasteiger partial charge < -0.3 is 10.0 Å². The molecule has 4 nitrogen and oxygen atoms in total. The predicted molar refractivity (Wildman–Crippen MR) is 60.8 cm³/mol. The lowest BCUT2D eigenvalue weighted by molar-refractivity contribution is 0.280. The van der Waals surface area contributed by atoms with Crippen molar-refractivity contribution in [2.75, 3.05) is 18.0 Å². The summed E-state index contributed by atoms with van der Waals surface area (Å²) in [5.74, 6) is 0.687. The lowest BCUT2D eigenvalue weighted by Gasteiger charge is -2.19. The van der Waals surface area contributed by atoms with E-state index in [0.717, 1.165) is 24.3 Å². The molecule has 0 aliphatic carbocycles. The molecule has 0 aromatic carbocycles. The minimum atomic E-state index is -0.0142. The predicted octanol–water partition coefficient (Wildman–Crippen LogP) is 1.29. The van der Waals surface area contributed by atoms with Crippen LogP contribution in [-0.4, -0.2) is 28.2 Å². The maximum atomic E-state index is 9.00. The number of nitrogens with zero attached hydrogens (tertiary/aromatic N) is 3. The Balaban J connectivity index is 2.94. The normalized spacial score (nSPS) is 10.1. The number of aliphatic hydroxyl groups is 1. The first-order valence-corrected chi connectivity index (χ1v) is 5.02. The Bertz CT molecular complexity index is 339. The number of likely N-dealkylation sites (N-methyl/N-ethyl adjacent to an activating group) is 1. The van der Waals surface area contributed by atoms with Gasteiger partial charge in [-0.15, -0.1) is 6.58 Å². The Kier molecular flexibility index (Phi) is 4.24. The summed E-state index contributed by atoms with van der Waals surface area (Å²) in [5.41, 5.74) is 1.60. The highest BCUT2D eigenvalue weighted by molar-refractivity contribution is 5.33. The molecule has 0 amide bonds. The summed E-state index contributed by atoms with van der Waals surface area (Å²) < 4.78 is 0. The van der Waals surface area contributed by atoms with Gasteiger partial charge in [-0.1, -0.05) is 6.08 Å². The summed E-state index contributed by atoms with van der Waals surface area (Å²) in [6, 6.07) is 0. The van der Waals surface area contributed by atoms with E-state index in [9.17, 15) is 0 Å². The van der Waals surface area contributed by atoms with Crippen LogP contribution in [0.15, 0.2) is 18.9 Å². The van der Waals surface area contributed by atoms with Crippen LogP contribution in [-0.2, 0) is 6.61 Å². The smallest absolute Gasteiger partial charge is 0.225 e. The van der Waals surface area contributed by atoms with Gasteiger partial charge in [0.1, 0.15) is 0 Å². The number of aryl methyl sites for hydroxylation is 1. The number of hydrogen-bond donors (Lipinski definition) is 1.